The van der Waals surface area contributed by atoms with Crippen molar-refractivity contribution in [2.75, 3.05) is 6.54 Å². The molecule has 23 heavy (non-hydrogen) atoms. The van der Waals surface area contributed by atoms with Gasteiger partial charge >= 0.3 is 0 Å². The summed E-state index contributed by atoms with van der Waals surface area (Å²) in [5.41, 5.74) is 0.724. The Labute approximate surface area is 135 Å². The highest BCUT2D eigenvalue weighted by Crippen LogP contribution is 2.31. The highest BCUT2D eigenvalue weighted by atomic mass is 32.2. The number of aryl methyl sites for hydroxylation is 1. The molecule has 0 unspecified atom stereocenters. The Morgan fingerprint density at radius 3 is 2.91 bits per heavy atom. The Kier molecular flexibility index (Phi) is 3.26. The maximum absolute atomic E-state index is 12.3. The van der Waals surface area contributed by atoms with Crippen LogP contribution in [0.3, 0.4) is 0 Å². The van der Waals surface area contributed by atoms with Crippen LogP contribution in [0.4, 0.5) is 0 Å². The second-order valence-electron chi connectivity index (χ2n) is 6.00. The first kappa shape index (κ1) is 14.4. The Morgan fingerprint density at radius 2 is 2.13 bits per heavy atom. The zero-order chi connectivity index (χ0) is 16.0. The summed E-state index contributed by atoms with van der Waals surface area (Å²) in [4.78, 5) is 6.72. The number of hydrogen-bond acceptors (Lipinski definition) is 4. The van der Waals surface area contributed by atoms with Crippen LogP contribution in [-0.4, -0.2) is 41.3 Å². The fraction of sp³-hybridized carbons (Fsp3) is 0.375. The molecule has 6 nitrogen and oxygen atoms in total. The van der Waals surface area contributed by atoms with Gasteiger partial charge in [0.05, 0.1) is 0 Å². The lowest BCUT2D eigenvalue weighted by molar-refractivity contribution is 0.347. The predicted molar refractivity (Wildman–Crippen MR) is 86.9 cm³/mol. The number of aromatic nitrogens is 2. The first-order valence-electron chi connectivity index (χ1n) is 7.75. The van der Waals surface area contributed by atoms with E-state index in [2.05, 4.69) is 18.8 Å². The van der Waals surface area contributed by atoms with Crippen molar-refractivity contribution in [3.05, 3.63) is 48.0 Å². The van der Waals surface area contributed by atoms with Gasteiger partial charge in [-0.1, -0.05) is 12.1 Å². The van der Waals surface area contributed by atoms with E-state index in [1.165, 1.54) is 0 Å². The third kappa shape index (κ3) is 2.35. The van der Waals surface area contributed by atoms with E-state index in [-0.39, 0.29) is 6.04 Å². The van der Waals surface area contributed by atoms with Gasteiger partial charge in [0, 0.05) is 37.1 Å². The molecule has 7 heteroatoms. The van der Waals surface area contributed by atoms with Gasteiger partial charge in [-0.25, -0.2) is 4.98 Å². The third-order valence-corrected chi connectivity index (χ3v) is 5.92. The SMILES string of the molecule is Cc1nccn1C[C@H]1CCCN1C1=NS(=O)(=O)c2ccccc21. The van der Waals surface area contributed by atoms with E-state index in [1.807, 2.05) is 25.3 Å². The lowest BCUT2D eigenvalue weighted by Crippen LogP contribution is -2.38. The fourth-order valence-corrected chi connectivity index (χ4v) is 4.64. The molecule has 2 aliphatic rings. The summed E-state index contributed by atoms with van der Waals surface area (Å²) < 4.78 is 30.7. The van der Waals surface area contributed by atoms with Gasteiger partial charge in [0.2, 0.25) is 0 Å². The van der Waals surface area contributed by atoms with Gasteiger partial charge in [-0.15, -0.1) is 4.40 Å². The van der Waals surface area contributed by atoms with Crippen molar-refractivity contribution < 1.29 is 8.42 Å². The second kappa shape index (κ2) is 5.19. The minimum absolute atomic E-state index is 0.239. The molecule has 2 aromatic rings. The molecule has 1 atom stereocenters. The fourth-order valence-electron chi connectivity index (χ4n) is 3.42. The standard InChI is InChI=1S/C16H18N4O2S/c1-12-17-8-10-19(12)11-13-5-4-9-20(13)16-14-6-2-3-7-15(14)23(21,22)18-16/h2-3,6-8,10,13H,4-5,9,11H2,1H3/t13-/m1/s1. The largest absolute Gasteiger partial charge is 0.351 e. The average molecular weight is 330 g/mol. The van der Waals surface area contributed by atoms with E-state index in [0.29, 0.717) is 10.7 Å². The van der Waals surface area contributed by atoms with Crippen LogP contribution in [0.15, 0.2) is 46.0 Å². The van der Waals surface area contributed by atoms with Crippen LogP contribution >= 0.6 is 0 Å². The zero-order valence-electron chi connectivity index (χ0n) is 12.9. The minimum Gasteiger partial charge on any atom is -0.351 e. The molecule has 1 aromatic carbocycles. The minimum atomic E-state index is -3.56. The van der Waals surface area contributed by atoms with E-state index < -0.39 is 10.0 Å². The molecule has 0 amide bonds. The van der Waals surface area contributed by atoms with E-state index in [9.17, 15) is 8.42 Å². The molecule has 1 fully saturated rings. The summed E-state index contributed by atoms with van der Waals surface area (Å²) in [5.74, 6) is 1.57. The molecule has 0 aliphatic carbocycles. The highest BCUT2D eigenvalue weighted by molar-refractivity contribution is 7.90. The summed E-state index contributed by atoms with van der Waals surface area (Å²) in [6.45, 7) is 3.61. The maximum Gasteiger partial charge on any atom is 0.285 e. The number of imidazole rings is 1. The van der Waals surface area contributed by atoms with Gasteiger partial charge in [0.25, 0.3) is 10.0 Å². The van der Waals surface area contributed by atoms with Gasteiger partial charge in [-0.2, -0.15) is 8.42 Å². The Bertz CT molecular complexity index is 885. The third-order valence-electron chi connectivity index (χ3n) is 4.59. The van der Waals surface area contributed by atoms with Crippen molar-refractivity contribution >= 4 is 15.9 Å². The van der Waals surface area contributed by atoms with Crippen LogP contribution in [-0.2, 0) is 16.6 Å². The van der Waals surface area contributed by atoms with Crippen LogP contribution in [0.2, 0.25) is 0 Å². The number of nitrogens with zero attached hydrogens (tertiary/aromatic N) is 4. The first-order valence-corrected chi connectivity index (χ1v) is 9.19. The van der Waals surface area contributed by atoms with Crippen LogP contribution in [0.1, 0.15) is 24.2 Å². The molecule has 4 rings (SSSR count). The second-order valence-corrected chi connectivity index (χ2v) is 7.57. The van der Waals surface area contributed by atoms with Crippen molar-refractivity contribution in [1.29, 1.82) is 0 Å². The maximum atomic E-state index is 12.3. The van der Waals surface area contributed by atoms with Gasteiger partial charge in [0.1, 0.15) is 10.7 Å². The average Bonchev–Trinajstić information content (AvgIpc) is 3.20. The zero-order valence-corrected chi connectivity index (χ0v) is 13.7. The summed E-state index contributed by atoms with van der Waals surface area (Å²) >= 11 is 0. The molecular weight excluding hydrogens is 312 g/mol. The summed E-state index contributed by atoms with van der Waals surface area (Å²) in [7, 11) is -3.56. The topological polar surface area (TPSA) is 67.6 Å². The number of hydrogen-bond donors (Lipinski definition) is 0. The van der Waals surface area contributed by atoms with E-state index in [0.717, 1.165) is 37.3 Å². The first-order chi connectivity index (χ1) is 11.1. The Balaban J connectivity index is 1.69. The van der Waals surface area contributed by atoms with Crippen LogP contribution in [0, 0.1) is 6.92 Å². The lowest BCUT2D eigenvalue weighted by atomic mass is 10.1. The number of amidine groups is 1. The summed E-state index contributed by atoms with van der Waals surface area (Å²) in [6, 6.07) is 7.32. The highest BCUT2D eigenvalue weighted by Gasteiger charge is 2.36. The van der Waals surface area contributed by atoms with Crippen molar-refractivity contribution in [3.8, 4) is 0 Å². The van der Waals surface area contributed by atoms with Crippen molar-refractivity contribution in [2.45, 2.75) is 37.2 Å². The number of rotatable bonds is 2. The quantitative estimate of drug-likeness (QED) is 0.842. The van der Waals surface area contributed by atoms with Crippen LogP contribution in [0.5, 0.6) is 0 Å². The lowest BCUT2D eigenvalue weighted by Gasteiger charge is -2.27. The molecule has 1 saturated heterocycles. The van der Waals surface area contributed by atoms with Gasteiger partial charge < -0.3 is 9.47 Å². The Morgan fingerprint density at radius 1 is 1.30 bits per heavy atom. The van der Waals surface area contributed by atoms with E-state index >= 15 is 0 Å². The predicted octanol–water partition coefficient (Wildman–Crippen LogP) is 1.81. The van der Waals surface area contributed by atoms with Gasteiger partial charge in [-0.05, 0) is 31.9 Å². The molecular formula is C16H18N4O2S. The molecule has 3 heterocycles. The number of sulfonamides is 1. The normalized spacial score (nSPS) is 22.2. The number of likely N-dealkylation sites (tertiary alicyclic amines) is 1. The van der Waals surface area contributed by atoms with Gasteiger partial charge in [-0.3, -0.25) is 0 Å². The molecule has 0 N–H and O–H groups in total. The van der Waals surface area contributed by atoms with Crippen molar-refractivity contribution in [1.82, 2.24) is 14.5 Å². The van der Waals surface area contributed by atoms with Gasteiger partial charge in [0.15, 0.2) is 5.84 Å². The summed E-state index contributed by atoms with van der Waals surface area (Å²) in [6.07, 6.45) is 5.83. The van der Waals surface area contributed by atoms with Crippen molar-refractivity contribution in [3.63, 3.8) is 0 Å². The monoisotopic (exact) mass is 330 g/mol. The summed E-state index contributed by atoms with van der Waals surface area (Å²) in [5, 5.41) is 0. The molecule has 0 radical (unpaired) electrons. The Hall–Kier alpha value is -2.15. The molecule has 2 aliphatic heterocycles. The molecule has 0 bridgehead atoms. The molecule has 0 spiro atoms. The molecule has 120 valence electrons. The molecule has 1 aromatic heterocycles. The van der Waals surface area contributed by atoms with E-state index in [1.54, 1.807) is 18.3 Å². The van der Waals surface area contributed by atoms with Crippen molar-refractivity contribution in [2.24, 2.45) is 4.40 Å². The van der Waals surface area contributed by atoms with Crippen LogP contribution < -0.4 is 0 Å². The van der Waals surface area contributed by atoms with E-state index in [4.69, 9.17) is 0 Å². The molecule has 0 saturated carbocycles. The number of benzene rings is 1. The van der Waals surface area contributed by atoms with Crippen LogP contribution in [0.25, 0.3) is 0 Å². The number of fused-ring (bicyclic) bond motifs is 1. The smallest absolute Gasteiger partial charge is 0.285 e.